The maximum absolute atomic E-state index is 12.2. The molecule has 0 bridgehead atoms. The highest BCUT2D eigenvalue weighted by atomic mass is 32.2. The predicted molar refractivity (Wildman–Crippen MR) is 195 cm³/mol. The van der Waals surface area contributed by atoms with Crippen LogP contribution in [0.2, 0.25) is 0 Å². The van der Waals surface area contributed by atoms with Crippen molar-refractivity contribution >= 4 is 35.7 Å². The molecule has 2 amide bonds. The third-order valence-electron chi connectivity index (χ3n) is 5.96. The highest BCUT2D eigenvalue weighted by Crippen LogP contribution is 2.17. The van der Waals surface area contributed by atoms with Gasteiger partial charge >= 0.3 is 12.2 Å². The van der Waals surface area contributed by atoms with Crippen molar-refractivity contribution < 1.29 is 28.9 Å². The zero-order chi connectivity index (χ0) is 34.7. The second kappa shape index (κ2) is 20.8. The third kappa shape index (κ3) is 19.8. The van der Waals surface area contributed by atoms with Crippen LogP contribution in [0.15, 0.2) is 84.9 Å². The molecule has 0 fully saturated rings. The zero-order valence-corrected chi connectivity index (χ0v) is 30.4. The Hall–Kier alpha value is -3.34. The summed E-state index contributed by atoms with van der Waals surface area (Å²) < 4.78 is 16.5. The van der Waals surface area contributed by atoms with Crippen LogP contribution < -0.4 is 15.4 Å². The lowest BCUT2D eigenvalue weighted by Crippen LogP contribution is -2.43. The monoisotopic (exact) mass is 684 g/mol. The van der Waals surface area contributed by atoms with Crippen molar-refractivity contribution in [1.82, 2.24) is 10.6 Å². The Labute approximate surface area is 289 Å². The summed E-state index contributed by atoms with van der Waals surface area (Å²) in [6.45, 7) is 13.3. The van der Waals surface area contributed by atoms with Gasteiger partial charge < -0.3 is 30.0 Å². The number of rotatable bonds is 14. The van der Waals surface area contributed by atoms with E-state index >= 15 is 0 Å². The molecule has 2 atom stereocenters. The van der Waals surface area contributed by atoms with Crippen LogP contribution in [-0.4, -0.2) is 65.3 Å². The first kappa shape index (κ1) is 39.8. The first-order chi connectivity index (χ1) is 22.2. The number of carbonyl (C=O) groups is 2. The number of aliphatic hydroxyl groups excluding tert-OH is 1. The van der Waals surface area contributed by atoms with Gasteiger partial charge in [-0.25, -0.2) is 9.59 Å². The second-order valence-corrected chi connectivity index (χ2v) is 15.1. The van der Waals surface area contributed by atoms with Crippen LogP contribution in [0.4, 0.5) is 9.59 Å². The normalized spacial score (nSPS) is 12.5. The van der Waals surface area contributed by atoms with Crippen molar-refractivity contribution in [2.45, 2.75) is 83.3 Å². The molecule has 47 heavy (non-hydrogen) atoms. The number of aliphatic hydroxyl groups is 1. The van der Waals surface area contributed by atoms with Crippen molar-refractivity contribution in [3.8, 4) is 5.75 Å². The molecule has 0 aliphatic carbocycles. The average molecular weight is 685 g/mol. The zero-order valence-electron chi connectivity index (χ0n) is 28.8. The van der Waals surface area contributed by atoms with Crippen LogP contribution in [0.5, 0.6) is 5.75 Å². The minimum absolute atomic E-state index is 0.0962. The van der Waals surface area contributed by atoms with E-state index < -0.39 is 23.4 Å². The smallest absolute Gasteiger partial charge is 0.408 e. The van der Waals surface area contributed by atoms with Gasteiger partial charge in [-0.15, -0.1) is 0 Å². The van der Waals surface area contributed by atoms with Crippen LogP contribution in [0, 0.1) is 6.92 Å². The standard InChI is InChI=1S/C22H29NO3S.C15H23NO3S/c1-17-9-8-12-20(13-17)25-14-19(23-21(24)26-22(2,3)4)16-27-15-18-10-6-5-7-11-18;1-15(2,3)19-14(18)16-13(9-17)11-20-10-12-7-5-4-6-8-12/h5-13,19H,14-16H2,1-4H3,(H,23,24);4-8,13,17H,9-11H2,1-3H3,(H,16,18). The number of thioether (sulfide) groups is 2. The van der Waals surface area contributed by atoms with E-state index in [1.165, 1.54) is 11.1 Å². The fourth-order valence-corrected chi connectivity index (χ4v) is 5.94. The Morgan fingerprint density at radius 1 is 0.702 bits per heavy atom. The van der Waals surface area contributed by atoms with Gasteiger partial charge in [-0.05, 0) is 77.3 Å². The molecular formula is C37H52N2O6S2. The Bertz CT molecular complexity index is 1310. The molecule has 0 spiro atoms. The molecule has 8 nitrogen and oxygen atoms in total. The Kier molecular flexibility index (Phi) is 17.6. The predicted octanol–water partition coefficient (Wildman–Crippen LogP) is 8.01. The lowest BCUT2D eigenvalue weighted by molar-refractivity contribution is 0.0482. The molecule has 2 unspecified atom stereocenters. The van der Waals surface area contributed by atoms with Crippen molar-refractivity contribution in [2.75, 3.05) is 24.7 Å². The molecule has 0 heterocycles. The summed E-state index contributed by atoms with van der Waals surface area (Å²) in [5.41, 5.74) is 2.58. The van der Waals surface area contributed by atoms with Gasteiger partial charge in [0.15, 0.2) is 0 Å². The number of carbonyl (C=O) groups excluding carboxylic acids is 2. The summed E-state index contributed by atoms with van der Waals surface area (Å²) in [6, 6.07) is 27.8. The molecule has 3 aromatic rings. The lowest BCUT2D eigenvalue weighted by Gasteiger charge is -2.24. The summed E-state index contributed by atoms with van der Waals surface area (Å²) in [5.74, 6) is 3.93. The molecule has 3 N–H and O–H groups in total. The number of hydrogen-bond acceptors (Lipinski definition) is 8. The highest BCUT2D eigenvalue weighted by molar-refractivity contribution is 7.98. The number of aryl methyl sites for hydroxylation is 1. The van der Waals surface area contributed by atoms with E-state index in [0.29, 0.717) is 12.4 Å². The van der Waals surface area contributed by atoms with Gasteiger partial charge in [0, 0.05) is 23.0 Å². The molecule has 258 valence electrons. The molecule has 0 aliphatic heterocycles. The minimum Gasteiger partial charge on any atom is -0.491 e. The largest absolute Gasteiger partial charge is 0.491 e. The Morgan fingerprint density at radius 3 is 1.62 bits per heavy atom. The van der Waals surface area contributed by atoms with Gasteiger partial charge in [-0.1, -0.05) is 72.8 Å². The van der Waals surface area contributed by atoms with Gasteiger partial charge in [0.1, 0.15) is 23.6 Å². The van der Waals surface area contributed by atoms with E-state index in [-0.39, 0.29) is 18.7 Å². The number of ether oxygens (including phenoxy) is 3. The summed E-state index contributed by atoms with van der Waals surface area (Å²) in [6.07, 6.45) is -0.905. The third-order valence-corrected chi connectivity index (χ3v) is 8.32. The Balaban J connectivity index is 0.000000343. The second-order valence-electron chi connectivity index (χ2n) is 13.0. The molecule has 3 aromatic carbocycles. The average Bonchev–Trinajstić information content (AvgIpc) is 2.99. The van der Waals surface area contributed by atoms with Crippen molar-refractivity contribution in [2.24, 2.45) is 0 Å². The van der Waals surface area contributed by atoms with Crippen molar-refractivity contribution in [3.05, 3.63) is 102 Å². The number of hydrogen-bond donors (Lipinski definition) is 3. The van der Waals surface area contributed by atoms with Crippen LogP contribution >= 0.6 is 23.5 Å². The molecule has 3 rings (SSSR count). The van der Waals surface area contributed by atoms with Gasteiger partial charge in [0.25, 0.3) is 0 Å². The first-order valence-electron chi connectivity index (χ1n) is 15.7. The fraction of sp³-hybridized carbons (Fsp3) is 0.459. The summed E-state index contributed by atoms with van der Waals surface area (Å²) in [7, 11) is 0. The van der Waals surface area contributed by atoms with E-state index in [9.17, 15) is 14.7 Å². The van der Waals surface area contributed by atoms with Crippen molar-refractivity contribution in [1.29, 1.82) is 0 Å². The van der Waals surface area contributed by atoms with Gasteiger partial charge in [0.05, 0.1) is 18.7 Å². The molecule has 0 aliphatic rings. The van der Waals surface area contributed by atoms with E-state index in [0.717, 1.165) is 28.6 Å². The molecule has 0 saturated heterocycles. The van der Waals surface area contributed by atoms with E-state index in [1.54, 1.807) is 23.5 Å². The maximum atomic E-state index is 12.2. The number of amides is 2. The van der Waals surface area contributed by atoms with Gasteiger partial charge in [-0.3, -0.25) is 0 Å². The SMILES string of the molecule is CC(C)(C)OC(=O)NC(CO)CSCc1ccccc1.Cc1cccc(OCC(CSCc2ccccc2)NC(=O)OC(C)(C)C)c1. The van der Waals surface area contributed by atoms with E-state index in [2.05, 4.69) is 34.9 Å². The molecule has 0 saturated carbocycles. The topological polar surface area (TPSA) is 106 Å². The number of alkyl carbamates (subject to hydrolysis) is 2. The Morgan fingerprint density at radius 2 is 1.17 bits per heavy atom. The summed E-state index contributed by atoms with van der Waals surface area (Å²) >= 11 is 3.43. The summed E-state index contributed by atoms with van der Waals surface area (Å²) in [5, 5.41) is 14.9. The quantitative estimate of drug-likeness (QED) is 0.157. The fourth-order valence-electron chi connectivity index (χ4n) is 3.91. The van der Waals surface area contributed by atoms with Crippen LogP contribution in [0.3, 0.4) is 0 Å². The van der Waals surface area contributed by atoms with E-state index in [1.807, 2.05) is 109 Å². The lowest BCUT2D eigenvalue weighted by atomic mass is 10.2. The maximum Gasteiger partial charge on any atom is 0.408 e. The van der Waals surface area contributed by atoms with Crippen molar-refractivity contribution in [3.63, 3.8) is 0 Å². The molecular weight excluding hydrogens is 633 g/mol. The van der Waals surface area contributed by atoms with Crippen LogP contribution in [-0.2, 0) is 21.0 Å². The number of benzene rings is 3. The molecule has 10 heteroatoms. The summed E-state index contributed by atoms with van der Waals surface area (Å²) in [4.78, 5) is 23.8. The molecule has 0 aromatic heterocycles. The van der Waals surface area contributed by atoms with Gasteiger partial charge in [0.2, 0.25) is 0 Å². The highest BCUT2D eigenvalue weighted by Gasteiger charge is 2.21. The van der Waals surface area contributed by atoms with Crippen LogP contribution in [0.1, 0.15) is 58.2 Å². The first-order valence-corrected chi connectivity index (χ1v) is 18.1. The molecule has 0 radical (unpaired) electrons. The van der Waals surface area contributed by atoms with Gasteiger partial charge in [-0.2, -0.15) is 23.5 Å². The van der Waals surface area contributed by atoms with E-state index in [4.69, 9.17) is 14.2 Å². The van der Waals surface area contributed by atoms with Crippen LogP contribution in [0.25, 0.3) is 0 Å². The number of nitrogens with one attached hydrogen (secondary N) is 2. The minimum atomic E-state index is -0.527.